The molecule has 2 aliphatic rings. The quantitative estimate of drug-likeness (QED) is 0.645. The molecule has 2 unspecified atom stereocenters. The van der Waals surface area contributed by atoms with Crippen molar-refractivity contribution in [1.82, 2.24) is 5.32 Å². The molecule has 0 spiro atoms. The van der Waals surface area contributed by atoms with Gasteiger partial charge in [-0.25, -0.2) is 0 Å². The summed E-state index contributed by atoms with van der Waals surface area (Å²) in [6, 6.07) is 0.450. The lowest BCUT2D eigenvalue weighted by Gasteiger charge is -2.33. The van der Waals surface area contributed by atoms with Crippen molar-refractivity contribution in [2.45, 2.75) is 63.5 Å². The molecular formula is C12H22N2O. The van der Waals surface area contributed by atoms with E-state index in [4.69, 9.17) is 5.73 Å². The Morgan fingerprint density at radius 2 is 1.80 bits per heavy atom. The van der Waals surface area contributed by atoms with Gasteiger partial charge in [-0.05, 0) is 25.2 Å². The molecule has 3 N–H and O–H groups in total. The van der Waals surface area contributed by atoms with Crippen molar-refractivity contribution in [3.63, 3.8) is 0 Å². The van der Waals surface area contributed by atoms with Crippen molar-refractivity contribution >= 4 is 5.91 Å². The Hall–Kier alpha value is -0.570. The van der Waals surface area contributed by atoms with Crippen molar-refractivity contribution < 1.29 is 4.79 Å². The van der Waals surface area contributed by atoms with Gasteiger partial charge in [0.1, 0.15) is 0 Å². The molecule has 0 aromatic rings. The van der Waals surface area contributed by atoms with E-state index in [2.05, 4.69) is 5.32 Å². The molecule has 1 amide bonds. The van der Waals surface area contributed by atoms with Crippen LogP contribution in [0.2, 0.25) is 0 Å². The van der Waals surface area contributed by atoms with E-state index in [1.54, 1.807) is 0 Å². The number of amides is 1. The number of carbonyl (C=O) groups excluding carboxylic acids is 1. The van der Waals surface area contributed by atoms with Crippen LogP contribution in [0.4, 0.5) is 0 Å². The summed E-state index contributed by atoms with van der Waals surface area (Å²) in [5, 5.41) is 3.13. The van der Waals surface area contributed by atoms with Crippen LogP contribution in [0.1, 0.15) is 51.4 Å². The largest absolute Gasteiger partial charge is 0.353 e. The van der Waals surface area contributed by atoms with E-state index >= 15 is 0 Å². The molecule has 1 saturated heterocycles. The third-order valence-electron chi connectivity index (χ3n) is 3.82. The molecule has 0 aromatic heterocycles. The van der Waals surface area contributed by atoms with E-state index in [0.29, 0.717) is 18.4 Å². The Labute approximate surface area is 91.8 Å². The number of hydrogen-bond acceptors (Lipinski definition) is 2. The molecule has 1 heterocycles. The maximum Gasteiger partial charge on any atom is 0.221 e. The second kappa shape index (κ2) is 4.97. The lowest BCUT2D eigenvalue weighted by molar-refractivity contribution is -0.124. The van der Waals surface area contributed by atoms with E-state index in [1.807, 2.05) is 0 Å². The van der Waals surface area contributed by atoms with Crippen molar-refractivity contribution in [2.75, 3.05) is 0 Å². The fraction of sp³-hybridized carbons (Fsp3) is 0.917. The van der Waals surface area contributed by atoms with E-state index in [9.17, 15) is 4.79 Å². The van der Waals surface area contributed by atoms with Crippen LogP contribution in [0.15, 0.2) is 0 Å². The van der Waals surface area contributed by atoms with Gasteiger partial charge in [0.2, 0.25) is 5.91 Å². The lowest BCUT2D eigenvalue weighted by atomic mass is 9.85. The van der Waals surface area contributed by atoms with Crippen LogP contribution in [0.3, 0.4) is 0 Å². The highest BCUT2D eigenvalue weighted by Crippen LogP contribution is 2.28. The highest BCUT2D eigenvalue weighted by Gasteiger charge is 2.30. The minimum absolute atomic E-state index is 0.0898. The maximum absolute atomic E-state index is 11.4. The average molecular weight is 210 g/mol. The molecule has 0 radical (unpaired) electrons. The molecule has 3 nitrogen and oxygen atoms in total. The summed E-state index contributed by atoms with van der Waals surface area (Å²) in [5.74, 6) is 0.839. The van der Waals surface area contributed by atoms with Gasteiger partial charge < -0.3 is 11.1 Å². The molecular weight excluding hydrogens is 188 g/mol. The average Bonchev–Trinajstić information content (AvgIpc) is 2.43. The first-order valence-electron chi connectivity index (χ1n) is 6.30. The zero-order valence-electron chi connectivity index (χ0n) is 9.37. The topological polar surface area (TPSA) is 55.1 Å². The van der Waals surface area contributed by atoms with Gasteiger partial charge in [0.05, 0.1) is 0 Å². The standard InChI is InChI=1S/C12H22N2O/c13-10-7-11(14-12(15)8-10)9-5-3-1-2-4-6-9/h9-11H,1-8,13H2,(H,14,15). The molecule has 15 heavy (non-hydrogen) atoms. The van der Waals surface area contributed by atoms with Gasteiger partial charge in [-0.3, -0.25) is 4.79 Å². The smallest absolute Gasteiger partial charge is 0.221 e. The van der Waals surface area contributed by atoms with Crippen LogP contribution in [0.25, 0.3) is 0 Å². The van der Waals surface area contributed by atoms with Crippen LogP contribution in [-0.4, -0.2) is 18.0 Å². The van der Waals surface area contributed by atoms with Crippen LogP contribution in [0.5, 0.6) is 0 Å². The zero-order chi connectivity index (χ0) is 10.7. The molecule has 0 bridgehead atoms. The molecule has 86 valence electrons. The predicted octanol–water partition coefficient (Wildman–Crippen LogP) is 1.56. The Kier molecular flexibility index (Phi) is 3.62. The maximum atomic E-state index is 11.4. The fourth-order valence-corrected chi connectivity index (χ4v) is 3.00. The van der Waals surface area contributed by atoms with Crippen LogP contribution < -0.4 is 11.1 Å². The zero-order valence-corrected chi connectivity index (χ0v) is 9.37. The summed E-state index contributed by atoms with van der Waals surface area (Å²) >= 11 is 0. The first-order chi connectivity index (χ1) is 7.25. The number of piperidine rings is 1. The van der Waals surface area contributed by atoms with E-state index in [-0.39, 0.29) is 11.9 Å². The summed E-state index contributed by atoms with van der Waals surface area (Å²) in [5.41, 5.74) is 5.90. The van der Waals surface area contributed by atoms with Crippen molar-refractivity contribution in [3.8, 4) is 0 Å². The summed E-state index contributed by atoms with van der Waals surface area (Å²) in [6.07, 6.45) is 9.43. The molecule has 1 aliphatic carbocycles. The van der Waals surface area contributed by atoms with Crippen LogP contribution >= 0.6 is 0 Å². The highest BCUT2D eigenvalue weighted by molar-refractivity contribution is 5.77. The van der Waals surface area contributed by atoms with Gasteiger partial charge >= 0.3 is 0 Å². The Bertz CT molecular complexity index is 222. The van der Waals surface area contributed by atoms with Gasteiger partial charge in [-0.15, -0.1) is 0 Å². The Morgan fingerprint density at radius 3 is 2.40 bits per heavy atom. The van der Waals surface area contributed by atoms with Gasteiger partial charge in [-0.2, -0.15) is 0 Å². The molecule has 1 aliphatic heterocycles. The molecule has 1 saturated carbocycles. The number of rotatable bonds is 1. The summed E-state index contributed by atoms with van der Waals surface area (Å²) in [7, 11) is 0. The predicted molar refractivity (Wildman–Crippen MR) is 60.3 cm³/mol. The van der Waals surface area contributed by atoms with Crippen molar-refractivity contribution in [2.24, 2.45) is 11.7 Å². The summed E-state index contributed by atoms with van der Waals surface area (Å²) in [6.45, 7) is 0. The monoisotopic (exact) mass is 210 g/mol. The Balaban J connectivity index is 1.92. The Morgan fingerprint density at radius 1 is 1.13 bits per heavy atom. The number of carbonyl (C=O) groups is 1. The molecule has 2 fully saturated rings. The summed E-state index contributed by atoms with van der Waals surface area (Å²) < 4.78 is 0. The van der Waals surface area contributed by atoms with Gasteiger partial charge in [0.25, 0.3) is 0 Å². The van der Waals surface area contributed by atoms with Crippen LogP contribution in [0, 0.1) is 5.92 Å². The molecule has 0 aromatic carbocycles. The number of nitrogens with one attached hydrogen (secondary N) is 1. The second-order valence-corrected chi connectivity index (χ2v) is 5.13. The third-order valence-corrected chi connectivity index (χ3v) is 3.82. The SMILES string of the molecule is NC1CC(=O)NC(C2CCCCCC2)C1. The van der Waals surface area contributed by atoms with E-state index in [0.717, 1.165) is 6.42 Å². The minimum Gasteiger partial charge on any atom is -0.353 e. The third kappa shape index (κ3) is 2.94. The second-order valence-electron chi connectivity index (χ2n) is 5.13. The molecule has 3 heteroatoms. The van der Waals surface area contributed by atoms with Gasteiger partial charge in [0, 0.05) is 18.5 Å². The van der Waals surface area contributed by atoms with Crippen molar-refractivity contribution in [1.29, 1.82) is 0 Å². The lowest BCUT2D eigenvalue weighted by Crippen LogP contribution is -2.50. The highest BCUT2D eigenvalue weighted by atomic mass is 16.1. The fourth-order valence-electron chi connectivity index (χ4n) is 3.00. The normalized spacial score (nSPS) is 34.6. The van der Waals surface area contributed by atoms with Crippen LogP contribution in [-0.2, 0) is 4.79 Å². The minimum atomic E-state index is 0.0898. The first-order valence-corrected chi connectivity index (χ1v) is 6.30. The number of nitrogens with two attached hydrogens (primary N) is 1. The van der Waals surface area contributed by atoms with Crippen molar-refractivity contribution in [3.05, 3.63) is 0 Å². The van der Waals surface area contributed by atoms with E-state index in [1.165, 1.54) is 38.5 Å². The molecule has 2 atom stereocenters. The summed E-state index contributed by atoms with van der Waals surface area (Å²) in [4.78, 5) is 11.4. The number of hydrogen-bond donors (Lipinski definition) is 2. The first kappa shape index (κ1) is 10.9. The van der Waals surface area contributed by atoms with Gasteiger partial charge in [-0.1, -0.05) is 25.7 Å². The molecule has 2 rings (SSSR count). The van der Waals surface area contributed by atoms with E-state index < -0.39 is 0 Å². The van der Waals surface area contributed by atoms with Gasteiger partial charge in [0.15, 0.2) is 0 Å².